The zero-order valence-corrected chi connectivity index (χ0v) is 9.35. The Balaban J connectivity index is 2.09. The van der Waals surface area contributed by atoms with Crippen molar-refractivity contribution in [2.75, 3.05) is 6.54 Å². The lowest BCUT2D eigenvalue weighted by atomic mass is 10.0. The Kier molecular flexibility index (Phi) is 2.39. The molecule has 0 fully saturated rings. The van der Waals surface area contributed by atoms with E-state index in [1.807, 2.05) is 35.1 Å². The van der Waals surface area contributed by atoms with E-state index in [1.165, 1.54) is 5.69 Å². The highest BCUT2D eigenvalue weighted by Gasteiger charge is 2.15. The molecule has 1 N–H and O–H groups in total. The van der Waals surface area contributed by atoms with Gasteiger partial charge in [-0.2, -0.15) is 10.4 Å². The molecule has 0 saturated carbocycles. The Morgan fingerprint density at radius 3 is 3.24 bits per heavy atom. The number of benzene rings is 1. The monoisotopic (exact) mass is 224 g/mol. The number of hydrogen-bond donors (Lipinski definition) is 1. The van der Waals surface area contributed by atoms with E-state index in [4.69, 9.17) is 5.26 Å². The Hall–Kier alpha value is -2.12. The van der Waals surface area contributed by atoms with Crippen molar-refractivity contribution >= 4 is 0 Å². The van der Waals surface area contributed by atoms with Gasteiger partial charge in [-0.05, 0) is 17.7 Å². The highest BCUT2D eigenvalue weighted by molar-refractivity contribution is 5.67. The summed E-state index contributed by atoms with van der Waals surface area (Å²) < 4.78 is 2.03. The van der Waals surface area contributed by atoms with Gasteiger partial charge in [-0.3, -0.25) is 4.68 Å². The molecule has 1 aliphatic rings. The smallest absolute Gasteiger partial charge is 0.0991 e. The summed E-state index contributed by atoms with van der Waals surface area (Å²) >= 11 is 0. The molecule has 2 heterocycles. The van der Waals surface area contributed by atoms with Crippen LogP contribution in [-0.4, -0.2) is 16.3 Å². The van der Waals surface area contributed by atoms with Crippen LogP contribution in [0.2, 0.25) is 0 Å². The van der Waals surface area contributed by atoms with E-state index < -0.39 is 0 Å². The van der Waals surface area contributed by atoms with Crippen molar-refractivity contribution in [1.29, 1.82) is 5.26 Å². The Morgan fingerprint density at radius 2 is 2.35 bits per heavy atom. The third-order valence-corrected chi connectivity index (χ3v) is 3.04. The maximum absolute atomic E-state index is 8.91. The number of nitrogens with zero attached hydrogens (tertiary/aromatic N) is 3. The molecule has 0 saturated heterocycles. The average Bonchev–Trinajstić information content (AvgIpc) is 2.82. The minimum Gasteiger partial charge on any atom is -0.309 e. The fraction of sp³-hybridized carbons (Fsp3) is 0.231. The van der Waals surface area contributed by atoms with E-state index in [9.17, 15) is 0 Å². The molecule has 0 bridgehead atoms. The van der Waals surface area contributed by atoms with Gasteiger partial charge < -0.3 is 5.32 Å². The first-order valence-electron chi connectivity index (χ1n) is 5.64. The van der Waals surface area contributed by atoms with Crippen molar-refractivity contribution in [3.8, 4) is 17.2 Å². The zero-order valence-electron chi connectivity index (χ0n) is 9.35. The van der Waals surface area contributed by atoms with Crippen molar-refractivity contribution in [2.24, 2.45) is 0 Å². The van der Waals surface area contributed by atoms with Crippen LogP contribution in [0.5, 0.6) is 0 Å². The van der Waals surface area contributed by atoms with Gasteiger partial charge in [-0.1, -0.05) is 12.1 Å². The van der Waals surface area contributed by atoms with Crippen LogP contribution >= 0.6 is 0 Å². The van der Waals surface area contributed by atoms with Crippen LogP contribution in [0.15, 0.2) is 30.5 Å². The van der Waals surface area contributed by atoms with Gasteiger partial charge in [0, 0.05) is 18.7 Å². The maximum Gasteiger partial charge on any atom is 0.0991 e. The minimum atomic E-state index is 0.686. The summed E-state index contributed by atoms with van der Waals surface area (Å²) in [5, 5.41) is 16.6. The SMILES string of the molecule is N#Cc1cccc(-c2cnn3c2CNCC3)c1. The van der Waals surface area contributed by atoms with E-state index in [0.717, 1.165) is 30.8 Å². The summed E-state index contributed by atoms with van der Waals surface area (Å²) in [5.74, 6) is 0. The standard InChI is InChI=1S/C13H12N4/c14-7-10-2-1-3-11(6-10)12-8-16-17-5-4-15-9-13(12)17/h1-3,6,8,15H,4-5,9H2. The molecule has 0 amide bonds. The fourth-order valence-corrected chi connectivity index (χ4v) is 2.18. The van der Waals surface area contributed by atoms with E-state index >= 15 is 0 Å². The first-order valence-corrected chi connectivity index (χ1v) is 5.64. The van der Waals surface area contributed by atoms with Crippen LogP contribution in [0.25, 0.3) is 11.1 Å². The molecule has 17 heavy (non-hydrogen) atoms. The lowest BCUT2D eigenvalue weighted by molar-refractivity contribution is 0.476. The van der Waals surface area contributed by atoms with Crippen molar-refractivity contribution in [2.45, 2.75) is 13.1 Å². The zero-order chi connectivity index (χ0) is 11.7. The van der Waals surface area contributed by atoms with Gasteiger partial charge in [0.05, 0.1) is 30.1 Å². The van der Waals surface area contributed by atoms with Crippen LogP contribution in [0.1, 0.15) is 11.3 Å². The van der Waals surface area contributed by atoms with E-state index in [2.05, 4.69) is 16.5 Å². The molecule has 1 aliphatic heterocycles. The van der Waals surface area contributed by atoms with Crippen LogP contribution in [-0.2, 0) is 13.1 Å². The molecule has 2 aromatic rings. The summed E-state index contributed by atoms with van der Waals surface area (Å²) in [4.78, 5) is 0. The first-order chi connectivity index (χ1) is 8.38. The van der Waals surface area contributed by atoms with Gasteiger partial charge in [0.25, 0.3) is 0 Å². The number of nitriles is 1. The summed E-state index contributed by atoms with van der Waals surface area (Å²) in [6, 6.07) is 9.82. The second-order valence-corrected chi connectivity index (χ2v) is 4.10. The summed E-state index contributed by atoms with van der Waals surface area (Å²) in [5.41, 5.74) is 4.07. The number of aromatic nitrogens is 2. The molecule has 0 atom stereocenters. The van der Waals surface area contributed by atoms with Crippen molar-refractivity contribution in [1.82, 2.24) is 15.1 Å². The average molecular weight is 224 g/mol. The third kappa shape index (κ3) is 1.71. The van der Waals surface area contributed by atoms with Crippen LogP contribution in [0.4, 0.5) is 0 Å². The molecular formula is C13H12N4. The second-order valence-electron chi connectivity index (χ2n) is 4.10. The van der Waals surface area contributed by atoms with Crippen LogP contribution in [0.3, 0.4) is 0 Å². The Labute approximate surface area is 99.5 Å². The van der Waals surface area contributed by atoms with Crippen molar-refractivity contribution in [3.05, 3.63) is 41.7 Å². The predicted molar refractivity (Wildman–Crippen MR) is 64.1 cm³/mol. The third-order valence-electron chi connectivity index (χ3n) is 3.04. The van der Waals surface area contributed by atoms with Gasteiger partial charge in [0.1, 0.15) is 0 Å². The molecular weight excluding hydrogens is 212 g/mol. The van der Waals surface area contributed by atoms with Gasteiger partial charge in [0.2, 0.25) is 0 Å². The van der Waals surface area contributed by atoms with Gasteiger partial charge >= 0.3 is 0 Å². The lowest BCUT2D eigenvalue weighted by Crippen LogP contribution is -2.28. The van der Waals surface area contributed by atoms with Crippen molar-refractivity contribution in [3.63, 3.8) is 0 Å². The maximum atomic E-state index is 8.91. The number of hydrogen-bond acceptors (Lipinski definition) is 3. The summed E-state index contributed by atoms with van der Waals surface area (Å²) in [6.45, 7) is 2.71. The number of rotatable bonds is 1. The first kappa shape index (κ1) is 10.1. The molecule has 0 aliphatic carbocycles. The molecule has 1 aromatic carbocycles. The molecule has 3 rings (SSSR count). The molecule has 4 heteroatoms. The lowest BCUT2D eigenvalue weighted by Gasteiger charge is -2.16. The summed E-state index contributed by atoms with van der Waals surface area (Å²) in [7, 11) is 0. The summed E-state index contributed by atoms with van der Waals surface area (Å²) in [6.07, 6.45) is 1.89. The largest absolute Gasteiger partial charge is 0.309 e. The van der Waals surface area contributed by atoms with Crippen LogP contribution < -0.4 is 5.32 Å². The van der Waals surface area contributed by atoms with E-state index in [1.54, 1.807) is 0 Å². The van der Waals surface area contributed by atoms with Gasteiger partial charge in [-0.15, -0.1) is 0 Å². The number of nitrogens with one attached hydrogen (secondary N) is 1. The van der Waals surface area contributed by atoms with Gasteiger partial charge in [0.15, 0.2) is 0 Å². The molecule has 1 aromatic heterocycles. The molecule has 0 radical (unpaired) electrons. The van der Waals surface area contributed by atoms with Gasteiger partial charge in [-0.25, -0.2) is 0 Å². The van der Waals surface area contributed by atoms with E-state index in [0.29, 0.717) is 5.56 Å². The Morgan fingerprint density at radius 1 is 1.41 bits per heavy atom. The molecule has 0 spiro atoms. The van der Waals surface area contributed by atoms with E-state index in [-0.39, 0.29) is 0 Å². The fourth-order valence-electron chi connectivity index (χ4n) is 2.18. The molecule has 4 nitrogen and oxygen atoms in total. The predicted octanol–water partition coefficient (Wildman–Crippen LogP) is 1.52. The second kappa shape index (κ2) is 4.04. The topological polar surface area (TPSA) is 53.6 Å². The normalized spacial score (nSPS) is 14.1. The Bertz CT molecular complexity index is 592. The minimum absolute atomic E-state index is 0.686. The van der Waals surface area contributed by atoms with Crippen LogP contribution in [0, 0.1) is 11.3 Å². The number of fused-ring (bicyclic) bond motifs is 1. The van der Waals surface area contributed by atoms with Crippen molar-refractivity contribution < 1.29 is 0 Å². The highest BCUT2D eigenvalue weighted by Crippen LogP contribution is 2.25. The quantitative estimate of drug-likeness (QED) is 0.799. The molecule has 0 unspecified atom stereocenters. The highest BCUT2D eigenvalue weighted by atomic mass is 15.3. The molecule has 84 valence electrons.